The number of hydrogen-bond donors (Lipinski definition) is 3. The van der Waals surface area contributed by atoms with Crippen molar-refractivity contribution in [3.8, 4) is 0 Å². The molecule has 1 aromatic heterocycles. The van der Waals surface area contributed by atoms with Crippen LogP contribution in [-0.2, 0) is 14.3 Å². The summed E-state index contributed by atoms with van der Waals surface area (Å²) in [7, 11) is 0. The minimum absolute atomic E-state index is 0.00977. The highest BCUT2D eigenvalue weighted by molar-refractivity contribution is 7.22. The zero-order chi connectivity index (χ0) is 31.9. The van der Waals surface area contributed by atoms with Gasteiger partial charge < -0.3 is 25.8 Å². The van der Waals surface area contributed by atoms with Gasteiger partial charge in [0.2, 0.25) is 5.91 Å². The third-order valence-electron chi connectivity index (χ3n) is 8.84. The van der Waals surface area contributed by atoms with E-state index in [1.54, 1.807) is 18.5 Å². The number of rotatable bonds is 11. The molecule has 5 rings (SSSR count). The highest BCUT2D eigenvalue weighted by atomic mass is 32.1. The summed E-state index contributed by atoms with van der Waals surface area (Å²) >= 11 is 1.45. The highest BCUT2D eigenvalue weighted by Crippen LogP contribution is 2.36. The van der Waals surface area contributed by atoms with Gasteiger partial charge in [-0.05, 0) is 76.1 Å². The number of amidine groups is 1. The molecule has 45 heavy (non-hydrogen) atoms. The molecule has 11 nitrogen and oxygen atoms in total. The number of benzene rings is 1. The summed E-state index contributed by atoms with van der Waals surface area (Å²) in [4.78, 5) is 43.5. The highest BCUT2D eigenvalue weighted by Gasteiger charge is 2.41. The quantitative estimate of drug-likeness (QED) is 0.191. The third-order valence-corrected chi connectivity index (χ3v) is 9.77. The Morgan fingerprint density at radius 2 is 2.09 bits per heavy atom. The molecule has 0 spiro atoms. The van der Waals surface area contributed by atoms with Gasteiger partial charge in [-0.3, -0.25) is 19.5 Å². The van der Waals surface area contributed by atoms with Crippen molar-refractivity contribution in [2.45, 2.75) is 83.6 Å². The van der Waals surface area contributed by atoms with Crippen LogP contribution in [0.2, 0.25) is 0 Å². The van der Waals surface area contributed by atoms with Crippen LogP contribution in [-0.4, -0.2) is 94.3 Å². The monoisotopic (exact) mass is 635 g/mol. The van der Waals surface area contributed by atoms with Gasteiger partial charge >= 0.3 is 0 Å². The number of allylic oxidation sites excluding steroid dienone is 1. The Balaban J connectivity index is 1.08. The average molecular weight is 636 g/mol. The van der Waals surface area contributed by atoms with Crippen LogP contribution in [0.15, 0.2) is 46.2 Å². The number of ether oxygens (including phenoxy) is 1. The number of aromatic nitrogens is 1. The normalized spacial score (nSPS) is 26.7. The maximum Gasteiger partial charge on any atom is 0.272 e. The van der Waals surface area contributed by atoms with Crippen LogP contribution in [0.5, 0.6) is 0 Å². The van der Waals surface area contributed by atoms with E-state index >= 15 is 0 Å². The van der Waals surface area contributed by atoms with Crippen molar-refractivity contribution < 1.29 is 19.4 Å². The first-order valence-corrected chi connectivity index (χ1v) is 16.8. The van der Waals surface area contributed by atoms with Gasteiger partial charge in [0, 0.05) is 50.1 Å². The lowest BCUT2D eigenvalue weighted by Gasteiger charge is -2.49. The molecule has 3 aliphatic rings. The summed E-state index contributed by atoms with van der Waals surface area (Å²) < 4.78 is 6.64. The summed E-state index contributed by atoms with van der Waals surface area (Å²) in [6.45, 7) is 8.31. The van der Waals surface area contributed by atoms with Gasteiger partial charge in [-0.1, -0.05) is 30.4 Å². The summed E-state index contributed by atoms with van der Waals surface area (Å²) in [5.74, 6) is 0.305. The molecule has 12 heteroatoms. The number of nitrogens with two attached hydrogens (primary N) is 1. The minimum Gasteiger partial charge on any atom is -0.390 e. The number of carbonyl (C=O) groups is 2. The molecular formula is C33H45N7O4S. The zero-order valence-corrected chi connectivity index (χ0v) is 27.2. The number of thiazole rings is 1. The fraction of sp³-hybridized carbons (Fsp3) is 0.545. The maximum atomic E-state index is 13.0. The molecule has 2 aromatic rings. The third kappa shape index (κ3) is 8.23. The van der Waals surface area contributed by atoms with E-state index in [9.17, 15) is 14.7 Å². The van der Waals surface area contributed by atoms with Crippen LogP contribution in [0, 0.1) is 5.92 Å². The van der Waals surface area contributed by atoms with Gasteiger partial charge in [-0.25, -0.2) is 9.98 Å². The molecule has 1 saturated heterocycles. The SMILES string of the molecule is C/C=C(\N=CCC)C(=O)N1CCN(C2CC(C(=O)Nc3nc4ccc(/C=C/N=C(N)CO[C@H]5CCC[C@@H]5O)cc4s3)C2)[C@@H](C)C1. The molecule has 242 valence electrons. The van der Waals surface area contributed by atoms with Crippen molar-refractivity contribution in [3.63, 3.8) is 0 Å². The topological polar surface area (TPSA) is 146 Å². The van der Waals surface area contributed by atoms with E-state index < -0.39 is 6.10 Å². The number of nitrogens with zero attached hydrogens (tertiary/aromatic N) is 5. The van der Waals surface area contributed by atoms with E-state index in [4.69, 9.17) is 10.5 Å². The van der Waals surface area contributed by atoms with Crippen molar-refractivity contribution in [2.75, 3.05) is 31.6 Å². The van der Waals surface area contributed by atoms with E-state index in [0.717, 1.165) is 60.8 Å². The second kappa shape index (κ2) is 15.2. The number of piperazine rings is 1. The Morgan fingerprint density at radius 3 is 2.80 bits per heavy atom. The summed E-state index contributed by atoms with van der Waals surface area (Å²) in [5, 5.41) is 13.5. The van der Waals surface area contributed by atoms with Crippen LogP contribution in [0.4, 0.5) is 5.13 Å². The molecule has 2 aliphatic carbocycles. The Morgan fingerprint density at radius 1 is 1.27 bits per heavy atom. The largest absolute Gasteiger partial charge is 0.390 e. The number of aliphatic hydroxyl groups excluding tert-OH is 1. The first-order chi connectivity index (χ1) is 21.7. The molecule has 2 saturated carbocycles. The van der Waals surface area contributed by atoms with Gasteiger partial charge in [0.15, 0.2) is 5.13 Å². The van der Waals surface area contributed by atoms with Crippen LogP contribution in [0.3, 0.4) is 0 Å². The summed E-state index contributed by atoms with van der Waals surface area (Å²) in [6.07, 6.45) is 11.4. The number of hydrogen-bond acceptors (Lipinski definition) is 9. The van der Waals surface area contributed by atoms with Gasteiger partial charge in [0.1, 0.15) is 18.1 Å². The Bertz CT molecular complexity index is 1480. The fourth-order valence-electron chi connectivity index (χ4n) is 6.23. The predicted molar refractivity (Wildman–Crippen MR) is 180 cm³/mol. The molecule has 0 bridgehead atoms. The molecule has 1 aromatic carbocycles. The summed E-state index contributed by atoms with van der Waals surface area (Å²) in [5.41, 5.74) is 8.24. The molecular weight excluding hydrogens is 590 g/mol. The number of amides is 2. The van der Waals surface area contributed by atoms with Crippen molar-refractivity contribution in [2.24, 2.45) is 21.6 Å². The lowest BCUT2D eigenvalue weighted by Crippen LogP contribution is -2.60. The minimum atomic E-state index is -0.419. The number of carbonyl (C=O) groups excluding carboxylic acids is 2. The van der Waals surface area contributed by atoms with E-state index in [-0.39, 0.29) is 36.5 Å². The maximum absolute atomic E-state index is 13.0. The van der Waals surface area contributed by atoms with Gasteiger partial charge in [0.25, 0.3) is 5.91 Å². The molecule has 0 unspecified atom stereocenters. The standard InChI is InChI=1S/C33H45N7O4S/c1-4-12-35-25(5-2)32(43)39-14-15-40(21(3)19-39)24-17-23(18-24)31(42)38-33-37-26-10-9-22(16-29(26)45-33)11-13-36-30(34)20-44-28-8-6-7-27(28)41/h5,9-13,16,21,23-24,27-28,41H,4,6-8,14-15,17-20H2,1-3H3,(H2,34,36)(H,37,38,42)/b13-11+,25-5-,35-12?/t21-,23?,24?,27-,28-/m0/s1. The number of aliphatic hydroxyl groups is 1. The molecule has 0 radical (unpaired) electrons. The second-order valence-electron chi connectivity index (χ2n) is 12.1. The van der Waals surface area contributed by atoms with E-state index in [0.29, 0.717) is 35.8 Å². The zero-order valence-electron chi connectivity index (χ0n) is 26.4. The van der Waals surface area contributed by atoms with Crippen LogP contribution < -0.4 is 11.1 Å². The van der Waals surface area contributed by atoms with Gasteiger partial charge in [-0.2, -0.15) is 0 Å². The van der Waals surface area contributed by atoms with Crippen molar-refractivity contribution in [1.82, 2.24) is 14.8 Å². The fourth-order valence-corrected chi connectivity index (χ4v) is 7.15. The van der Waals surface area contributed by atoms with Crippen molar-refractivity contribution in [1.29, 1.82) is 0 Å². The molecule has 4 N–H and O–H groups in total. The summed E-state index contributed by atoms with van der Waals surface area (Å²) in [6, 6.07) is 6.45. The first kappa shape index (κ1) is 32.9. The molecule has 3 atom stereocenters. The lowest BCUT2D eigenvalue weighted by molar-refractivity contribution is -0.132. The van der Waals surface area contributed by atoms with Crippen molar-refractivity contribution in [3.05, 3.63) is 41.7 Å². The Labute approximate surface area is 268 Å². The van der Waals surface area contributed by atoms with Gasteiger partial charge in [-0.15, -0.1) is 0 Å². The number of fused-ring (bicyclic) bond motifs is 1. The van der Waals surface area contributed by atoms with Crippen LogP contribution in [0.1, 0.15) is 64.9 Å². The molecule has 3 fully saturated rings. The van der Waals surface area contributed by atoms with Crippen LogP contribution in [0.25, 0.3) is 16.3 Å². The molecule has 1 aliphatic heterocycles. The first-order valence-electron chi connectivity index (χ1n) is 16.0. The van der Waals surface area contributed by atoms with E-state index in [1.807, 2.05) is 43.0 Å². The lowest BCUT2D eigenvalue weighted by atomic mass is 9.78. The predicted octanol–water partition coefficient (Wildman–Crippen LogP) is 4.19. The molecule has 2 amide bonds. The smallest absolute Gasteiger partial charge is 0.272 e. The number of aliphatic imine (C=N–C) groups is 2. The molecule has 2 heterocycles. The Kier molecular flexibility index (Phi) is 11.1. The second-order valence-corrected chi connectivity index (χ2v) is 13.1. The van der Waals surface area contributed by atoms with Crippen molar-refractivity contribution >= 4 is 56.6 Å². The number of anilines is 1. The van der Waals surface area contributed by atoms with E-state index in [1.165, 1.54) is 11.3 Å². The number of nitrogens with one attached hydrogen (secondary N) is 1. The Hall–Kier alpha value is -3.45. The van der Waals surface area contributed by atoms with Crippen LogP contribution >= 0.6 is 11.3 Å². The van der Waals surface area contributed by atoms with Gasteiger partial charge in [0.05, 0.1) is 22.4 Å². The van der Waals surface area contributed by atoms with E-state index in [2.05, 4.69) is 32.1 Å². The average Bonchev–Trinajstić information content (AvgIpc) is 3.60.